The van der Waals surface area contributed by atoms with Crippen molar-refractivity contribution in [3.8, 4) is 17.2 Å². The molecule has 5 rings (SSSR count). The van der Waals surface area contributed by atoms with Crippen molar-refractivity contribution in [2.24, 2.45) is 0 Å². The Morgan fingerprint density at radius 2 is 1.97 bits per heavy atom. The molecule has 0 atom stereocenters. The summed E-state index contributed by atoms with van der Waals surface area (Å²) in [5.41, 5.74) is 3.89. The van der Waals surface area contributed by atoms with E-state index in [4.69, 9.17) is 30.5 Å². The summed E-state index contributed by atoms with van der Waals surface area (Å²) in [7, 11) is 0. The minimum absolute atomic E-state index is 0.120. The lowest BCUT2D eigenvalue weighted by Crippen LogP contribution is -2.12. The van der Waals surface area contributed by atoms with Crippen molar-refractivity contribution in [1.29, 1.82) is 0 Å². The van der Waals surface area contributed by atoms with Gasteiger partial charge in [0.1, 0.15) is 17.2 Å². The van der Waals surface area contributed by atoms with Crippen LogP contribution in [0.25, 0.3) is 6.08 Å². The number of allylic oxidation sites excluding steroid dienone is 1. The summed E-state index contributed by atoms with van der Waals surface area (Å²) in [5, 5.41) is 0.499. The Labute approximate surface area is 195 Å². The predicted octanol–water partition coefficient (Wildman–Crippen LogP) is 5.66. The Bertz CT molecular complexity index is 1340. The van der Waals surface area contributed by atoms with E-state index in [1.807, 2.05) is 13.0 Å². The van der Waals surface area contributed by atoms with Crippen LogP contribution in [0.1, 0.15) is 43.0 Å². The van der Waals surface area contributed by atoms with Crippen molar-refractivity contribution in [2.75, 3.05) is 6.79 Å². The van der Waals surface area contributed by atoms with Gasteiger partial charge in [0.05, 0.1) is 17.7 Å². The van der Waals surface area contributed by atoms with Crippen molar-refractivity contribution in [3.63, 3.8) is 0 Å². The molecule has 6 nitrogen and oxygen atoms in total. The zero-order valence-electron chi connectivity index (χ0n) is 17.9. The number of carbonyl (C=O) groups is 2. The van der Waals surface area contributed by atoms with E-state index in [9.17, 15) is 9.59 Å². The SMILES string of the molecule is Cc1cccc(C(=O)Oc2cc(C)c3c(c2)O/C(=C\c2cc(Cl)cc4c2OCOC4)C3=O)c1. The van der Waals surface area contributed by atoms with Crippen LogP contribution in [0.5, 0.6) is 17.2 Å². The number of esters is 1. The van der Waals surface area contributed by atoms with Gasteiger partial charge in [-0.1, -0.05) is 29.3 Å². The van der Waals surface area contributed by atoms with Crippen LogP contribution in [0.15, 0.2) is 54.3 Å². The molecule has 0 saturated carbocycles. The summed E-state index contributed by atoms with van der Waals surface area (Å²) in [5.74, 6) is 0.624. The number of aryl methyl sites for hydroxylation is 2. The van der Waals surface area contributed by atoms with E-state index >= 15 is 0 Å². The number of fused-ring (bicyclic) bond motifs is 2. The number of ether oxygens (including phenoxy) is 4. The molecule has 3 aromatic rings. The van der Waals surface area contributed by atoms with Crippen molar-refractivity contribution < 1.29 is 28.5 Å². The van der Waals surface area contributed by atoms with E-state index < -0.39 is 5.97 Å². The van der Waals surface area contributed by atoms with Crippen LogP contribution in [-0.2, 0) is 11.3 Å². The van der Waals surface area contributed by atoms with E-state index in [1.165, 1.54) is 0 Å². The molecule has 166 valence electrons. The van der Waals surface area contributed by atoms with Gasteiger partial charge in [0.25, 0.3) is 0 Å². The molecule has 0 N–H and O–H groups in total. The van der Waals surface area contributed by atoms with E-state index in [1.54, 1.807) is 55.5 Å². The van der Waals surface area contributed by atoms with E-state index in [-0.39, 0.29) is 18.3 Å². The maximum Gasteiger partial charge on any atom is 0.343 e. The highest BCUT2D eigenvalue weighted by Gasteiger charge is 2.31. The van der Waals surface area contributed by atoms with Gasteiger partial charge in [-0.15, -0.1) is 0 Å². The molecule has 3 aromatic carbocycles. The van der Waals surface area contributed by atoms with Crippen molar-refractivity contribution >= 4 is 29.4 Å². The fraction of sp³-hybridized carbons (Fsp3) is 0.154. The number of halogens is 1. The summed E-state index contributed by atoms with van der Waals surface area (Å²) in [6, 6.07) is 13.8. The van der Waals surface area contributed by atoms with Crippen LogP contribution in [0.4, 0.5) is 0 Å². The standard InChI is InChI=1S/C26H19ClO6/c1-14-4-3-5-16(6-14)26(29)32-20-7-15(2)23-21(11-20)33-22(24(23)28)10-17-8-19(27)9-18-12-30-13-31-25(17)18/h3-11H,12-13H2,1-2H3/b22-10-. The molecule has 0 saturated heterocycles. The first-order valence-electron chi connectivity index (χ1n) is 10.3. The van der Waals surface area contributed by atoms with Gasteiger partial charge in [-0.2, -0.15) is 0 Å². The smallest absolute Gasteiger partial charge is 0.343 e. The number of hydrogen-bond donors (Lipinski definition) is 0. The first-order valence-corrected chi connectivity index (χ1v) is 10.7. The monoisotopic (exact) mass is 462 g/mol. The lowest BCUT2D eigenvalue weighted by Gasteiger charge is -2.20. The number of hydrogen-bond acceptors (Lipinski definition) is 6. The van der Waals surface area contributed by atoms with Crippen LogP contribution in [0.2, 0.25) is 5.02 Å². The minimum atomic E-state index is -0.483. The molecule has 2 aliphatic rings. The van der Waals surface area contributed by atoms with Gasteiger partial charge >= 0.3 is 5.97 Å². The second-order valence-electron chi connectivity index (χ2n) is 7.91. The minimum Gasteiger partial charge on any atom is -0.467 e. The first-order chi connectivity index (χ1) is 15.9. The van der Waals surface area contributed by atoms with E-state index in [0.29, 0.717) is 51.1 Å². The first kappa shape index (κ1) is 21.2. The van der Waals surface area contributed by atoms with Crippen LogP contribution in [0.3, 0.4) is 0 Å². The fourth-order valence-electron chi connectivity index (χ4n) is 3.93. The van der Waals surface area contributed by atoms with Crippen molar-refractivity contribution in [1.82, 2.24) is 0 Å². The van der Waals surface area contributed by atoms with E-state index in [0.717, 1.165) is 11.1 Å². The molecule has 0 aromatic heterocycles. The molecular formula is C26H19ClO6. The summed E-state index contributed by atoms with van der Waals surface area (Å²) >= 11 is 6.23. The maximum atomic E-state index is 13.1. The lowest BCUT2D eigenvalue weighted by atomic mass is 10.0. The zero-order chi connectivity index (χ0) is 23.1. The highest BCUT2D eigenvalue weighted by atomic mass is 35.5. The molecule has 0 unspecified atom stereocenters. The van der Waals surface area contributed by atoms with Crippen LogP contribution < -0.4 is 14.2 Å². The number of benzene rings is 3. The average molecular weight is 463 g/mol. The molecule has 0 bridgehead atoms. The third kappa shape index (κ3) is 4.11. The topological polar surface area (TPSA) is 71.1 Å². The summed E-state index contributed by atoms with van der Waals surface area (Å²) in [6.45, 7) is 4.16. The molecule has 0 amide bonds. The maximum absolute atomic E-state index is 13.1. The third-order valence-corrected chi connectivity index (χ3v) is 5.62. The Kier molecular flexibility index (Phi) is 5.40. The van der Waals surface area contributed by atoms with Gasteiger partial charge < -0.3 is 18.9 Å². The number of carbonyl (C=O) groups excluding carboxylic acids is 2. The zero-order valence-corrected chi connectivity index (χ0v) is 18.7. The Morgan fingerprint density at radius 3 is 2.79 bits per heavy atom. The Morgan fingerprint density at radius 1 is 1.12 bits per heavy atom. The summed E-state index contributed by atoms with van der Waals surface area (Å²) < 4.78 is 22.3. The summed E-state index contributed by atoms with van der Waals surface area (Å²) in [6.07, 6.45) is 1.61. The van der Waals surface area contributed by atoms with Gasteiger partial charge in [-0.25, -0.2) is 4.79 Å². The second-order valence-corrected chi connectivity index (χ2v) is 8.34. The number of ketones is 1. The largest absolute Gasteiger partial charge is 0.467 e. The van der Waals surface area contributed by atoms with Crippen molar-refractivity contribution in [2.45, 2.75) is 20.5 Å². The average Bonchev–Trinajstić information content (AvgIpc) is 3.09. The van der Waals surface area contributed by atoms with Crippen LogP contribution >= 0.6 is 11.6 Å². The normalized spacial score (nSPS) is 15.5. The Hall–Kier alpha value is -3.61. The molecule has 0 radical (unpaired) electrons. The van der Waals surface area contributed by atoms with Gasteiger partial charge in [0.2, 0.25) is 5.78 Å². The van der Waals surface area contributed by atoms with Gasteiger partial charge in [-0.05, 0) is 55.8 Å². The summed E-state index contributed by atoms with van der Waals surface area (Å²) in [4.78, 5) is 25.6. The molecule has 2 heterocycles. The fourth-order valence-corrected chi connectivity index (χ4v) is 4.18. The molecule has 7 heteroatoms. The number of Topliss-reactive ketones (excluding diaryl/α,β-unsaturated/α-hetero) is 1. The molecule has 0 aliphatic carbocycles. The van der Waals surface area contributed by atoms with Gasteiger partial charge in [-0.3, -0.25) is 4.79 Å². The molecule has 2 aliphatic heterocycles. The number of rotatable bonds is 3. The van der Waals surface area contributed by atoms with Crippen molar-refractivity contribution in [3.05, 3.63) is 92.7 Å². The molecular weight excluding hydrogens is 444 g/mol. The quantitative estimate of drug-likeness (QED) is 0.284. The van der Waals surface area contributed by atoms with Crippen LogP contribution in [-0.4, -0.2) is 18.5 Å². The third-order valence-electron chi connectivity index (χ3n) is 5.40. The predicted molar refractivity (Wildman–Crippen MR) is 122 cm³/mol. The Balaban J connectivity index is 1.45. The molecule has 0 spiro atoms. The van der Waals surface area contributed by atoms with Gasteiger partial charge in [0, 0.05) is 22.2 Å². The molecule has 33 heavy (non-hydrogen) atoms. The molecule has 0 fully saturated rings. The van der Waals surface area contributed by atoms with E-state index in [2.05, 4.69) is 0 Å². The lowest BCUT2D eigenvalue weighted by molar-refractivity contribution is -0.0165. The highest BCUT2D eigenvalue weighted by molar-refractivity contribution is 6.31. The second kappa shape index (κ2) is 8.39. The highest BCUT2D eigenvalue weighted by Crippen LogP contribution is 2.39. The van der Waals surface area contributed by atoms with Gasteiger partial charge in [0.15, 0.2) is 12.6 Å². The van der Waals surface area contributed by atoms with Crippen LogP contribution in [0, 0.1) is 13.8 Å².